The van der Waals surface area contributed by atoms with Crippen molar-refractivity contribution in [1.82, 2.24) is 0 Å². The van der Waals surface area contributed by atoms with Crippen molar-refractivity contribution in [3.05, 3.63) is 47.5 Å². The lowest BCUT2D eigenvalue weighted by Crippen LogP contribution is -2.16. The summed E-state index contributed by atoms with van der Waals surface area (Å²) in [5, 5.41) is 2.55. The fraction of sp³-hybridized carbons (Fsp3) is 0.250. The minimum Gasteiger partial charge on any atom is -0.127 e. The first-order chi connectivity index (χ1) is 7.97. The van der Waals surface area contributed by atoms with Gasteiger partial charge in [0.15, 0.2) is 0 Å². The van der Waals surface area contributed by atoms with Gasteiger partial charge in [0.2, 0.25) is 0 Å². The minimum atomic E-state index is -1.31. The molecule has 0 radical (unpaired) electrons. The monoisotopic (exact) mass is 238 g/mol. The highest BCUT2D eigenvalue weighted by Crippen LogP contribution is 2.21. The summed E-state index contributed by atoms with van der Waals surface area (Å²) in [5.74, 6) is 3.41. The van der Waals surface area contributed by atoms with Gasteiger partial charge < -0.3 is 0 Å². The molecule has 2 rings (SSSR count). The summed E-state index contributed by atoms with van der Waals surface area (Å²) in [6.45, 7) is 8.97. The highest BCUT2D eigenvalue weighted by atomic mass is 28.3. The van der Waals surface area contributed by atoms with Crippen molar-refractivity contribution in [3.63, 3.8) is 0 Å². The Morgan fingerprint density at radius 1 is 0.941 bits per heavy atom. The van der Waals surface area contributed by atoms with E-state index in [1.165, 1.54) is 21.9 Å². The highest BCUT2D eigenvalue weighted by Gasteiger charge is 2.08. The van der Waals surface area contributed by atoms with Crippen LogP contribution in [0.2, 0.25) is 19.6 Å². The molecule has 0 spiro atoms. The molecule has 0 unspecified atom stereocenters. The molecule has 0 aliphatic heterocycles. The van der Waals surface area contributed by atoms with Gasteiger partial charge in [0.25, 0.3) is 0 Å². The number of aryl methyl sites for hydroxylation is 1. The molecule has 0 saturated carbocycles. The number of hydrogen-bond donors (Lipinski definition) is 0. The van der Waals surface area contributed by atoms with Gasteiger partial charge in [0.05, 0.1) is 0 Å². The van der Waals surface area contributed by atoms with Crippen LogP contribution in [0.4, 0.5) is 0 Å². The topological polar surface area (TPSA) is 0 Å². The summed E-state index contributed by atoms with van der Waals surface area (Å²) in [4.78, 5) is 0. The molecule has 0 nitrogen and oxygen atoms in total. The van der Waals surface area contributed by atoms with Gasteiger partial charge in [0, 0.05) is 5.56 Å². The Kier molecular flexibility index (Phi) is 3.08. The van der Waals surface area contributed by atoms with Crippen LogP contribution in [0.15, 0.2) is 36.4 Å². The standard InChI is InChI=1S/C16H18Si/c1-13-9-10-14-7-5-6-8-16(14)15(13)11-12-17(2,3)4/h5-10H,1-4H3. The molecule has 0 aliphatic carbocycles. The van der Waals surface area contributed by atoms with Crippen LogP contribution in [0.25, 0.3) is 10.8 Å². The van der Waals surface area contributed by atoms with E-state index in [-0.39, 0.29) is 0 Å². The summed E-state index contributed by atoms with van der Waals surface area (Å²) in [6.07, 6.45) is 0. The second-order valence-corrected chi connectivity index (χ2v) is 10.2. The third-order valence-electron chi connectivity index (χ3n) is 2.70. The second kappa shape index (κ2) is 4.39. The summed E-state index contributed by atoms with van der Waals surface area (Å²) in [7, 11) is -1.31. The van der Waals surface area contributed by atoms with Gasteiger partial charge in [-0.05, 0) is 23.3 Å². The van der Waals surface area contributed by atoms with Gasteiger partial charge in [-0.3, -0.25) is 0 Å². The molecule has 0 atom stereocenters. The van der Waals surface area contributed by atoms with E-state index in [1.807, 2.05) is 0 Å². The Hall–Kier alpha value is -1.52. The summed E-state index contributed by atoms with van der Waals surface area (Å²) >= 11 is 0. The molecule has 0 aliphatic rings. The van der Waals surface area contributed by atoms with Gasteiger partial charge in [-0.1, -0.05) is 62.0 Å². The Labute approximate surface area is 105 Å². The van der Waals surface area contributed by atoms with Crippen molar-refractivity contribution in [2.45, 2.75) is 26.6 Å². The van der Waals surface area contributed by atoms with Gasteiger partial charge in [-0.15, -0.1) is 5.54 Å². The Morgan fingerprint density at radius 3 is 2.35 bits per heavy atom. The molecular formula is C16H18Si. The SMILES string of the molecule is Cc1ccc2ccccc2c1C#C[Si](C)(C)C. The van der Waals surface area contributed by atoms with E-state index in [0.29, 0.717) is 0 Å². The van der Waals surface area contributed by atoms with Crippen LogP contribution in [0.5, 0.6) is 0 Å². The van der Waals surface area contributed by atoms with Gasteiger partial charge in [-0.2, -0.15) is 0 Å². The third-order valence-corrected chi connectivity index (χ3v) is 3.57. The van der Waals surface area contributed by atoms with E-state index in [0.717, 1.165) is 0 Å². The lowest BCUT2D eigenvalue weighted by Gasteiger charge is -2.07. The first kappa shape index (κ1) is 11.9. The van der Waals surface area contributed by atoms with Crippen molar-refractivity contribution >= 4 is 18.8 Å². The van der Waals surface area contributed by atoms with E-state index in [2.05, 4.69) is 74.4 Å². The maximum Gasteiger partial charge on any atom is 0.129 e. The molecule has 2 aromatic carbocycles. The number of fused-ring (bicyclic) bond motifs is 1. The molecule has 0 saturated heterocycles. The van der Waals surface area contributed by atoms with Crippen LogP contribution in [0.3, 0.4) is 0 Å². The molecule has 0 N–H and O–H groups in total. The lowest BCUT2D eigenvalue weighted by molar-refractivity contribution is 1.47. The second-order valence-electron chi connectivity index (χ2n) is 5.48. The number of benzene rings is 2. The van der Waals surface area contributed by atoms with E-state index in [1.54, 1.807) is 0 Å². The van der Waals surface area contributed by atoms with Gasteiger partial charge in [-0.25, -0.2) is 0 Å². The minimum absolute atomic E-state index is 1.20. The molecule has 17 heavy (non-hydrogen) atoms. The fourth-order valence-corrected chi connectivity index (χ4v) is 2.30. The highest BCUT2D eigenvalue weighted by molar-refractivity contribution is 6.83. The van der Waals surface area contributed by atoms with Crippen molar-refractivity contribution in [3.8, 4) is 11.5 Å². The van der Waals surface area contributed by atoms with Gasteiger partial charge in [0.1, 0.15) is 8.07 Å². The predicted octanol–water partition coefficient (Wildman–Crippen LogP) is 4.38. The summed E-state index contributed by atoms with van der Waals surface area (Å²) in [5.41, 5.74) is 5.93. The first-order valence-electron chi connectivity index (χ1n) is 5.99. The molecule has 0 amide bonds. The average molecular weight is 238 g/mol. The molecule has 0 fully saturated rings. The van der Waals surface area contributed by atoms with Gasteiger partial charge >= 0.3 is 0 Å². The van der Waals surface area contributed by atoms with E-state index < -0.39 is 8.07 Å². The van der Waals surface area contributed by atoms with Crippen LogP contribution >= 0.6 is 0 Å². The number of hydrogen-bond acceptors (Lipinski definition) is 0. The van der Waals surface area contributed by atoms with Crippen LogP contribution in [-0.2, 0) is 0 Å². The number of rotatable bonds is 0. The summed E-state index contributed by atoms with van der Waals surface area (Å²) < 4.78 is 0. The van der Waals surface area contributed by atoms with Crippen LogP contribution in [-0.4, -0.2) is 8.07 Å². The first-order valence-corrected chi connectivity index (χ1v) is 9.49. The van der Waals surface area contributed by atoms with Crippen LogP contribution in [0.1, 0.15) is 11.1 Å². The fourth-order valence-electron chi connectivity index (χ4n) is 1.80. The largest absolute Gasteiger partial charge is 0.129 e. The molecule has 86 valence electrons. The normalized spacial score (nSPS) is 11.1. The Balaban J connectivity index is 2.66. The zero-order valence-corrected chi connectivity index (χ0v) is 12.0. The lowest BCUT2D eigenvalue weighted by atomic mass is 10.0. The maximum absolute atomic E-state index is 3.46. The van der Waals surface area contributed by atoms with Crippen molar-refractivity contribution in [2.75, 3.05) is 0 Å². The van der Waals surface area contributed by atoms with E-state index in [9.17, 15) is 0 Å². The zero-order chi connectivity index (χ0) is 12.5. The molecule has 1 heteroatoms. The van der Waals surface area contributed by atoms with E-state index in [4.69, 9.17) is 0 Å². The van der Waals surface area contributed by atoms with Crippen molar-refractivity contribution < 1.29 is 0 Å². The molecule has 2 aromatic rings. The Morgan fingerprint density at radius 2 is 1.65 bits per heavy atom. The predicted molar refractivity (Wildman–Crippen MR) is 78.9 cm³/mol. The van der Waals surface area contributed by atoms with E-state index >= 15 is 0 Å². The van der Waals surface area contributed by atoms with Crippen molar-refractivity contribution in [1.29, 1.82) is 0 Å². The zero-order valence-electron chi connectivity index (χ0n) is 11.0. The van der Waals surface area contributed by atoms with Crippen LogP contribution < -0.4 is 0 Å². The smallest absolute Gasteiger partial charge is 0.127 e. The molecule has 0 aromatic heterocycles. The molecule has 0 heterocycles. The third kappa shape index (κ3) is 2.78. The van der Waals surface area contributed by atoms with Crippen molar-refractivity contribution in [2.24, 2.45) is 0 Å². The molecular weight excluding hydrogens is 220 g/mol. The average Bonchev–Trinajstić information content (AvgIpc) is 2.26. The summed E-state index contributed by atoms with van der Waals surface area (Å²) in [6, 6.07) is 12.8. The molecule has 0 bridgehead atoms. The Bertz CT molecular complexity index is 607. The quantitative estimate of drug-likeness (QED) is 0.472. The van der Waals surface area contributed by atoms with Crippen LogP contribution in [0, 0.1) is 18.4 Å². The maximum atomic E-state index is 3.46.